The van der Waals surface area contributed by atoms with Crippen molar-refractivity contribution in [2.75, 3.05) is 11.0 Å². The summed E-state index contributed by atoms with van der Waals surface area (Å²) < 4.78 is 25.0. The van der Waals surface area contributed by atoms with Crippen LogP contribution in [0.25, 0.3) is 0 Å². The number of benzene rings is 2. The summed E-state index contributed by atoms with van der Waals surface area (Å²) in [7, 11) is -3.33. The maximum absolute atomic E-state index is 13.1. The van der Waals surface area contributed by atoms with Crippen LogP contribution in [-0.2, 0) is 23.0 Å². The van der Waals surface area contributed by atoms with Gasteiger partial charge in [0.05, 0.1) is 6.26 Å². The fourth-order valence-corrected chi connectivity index (χ4v) is 3.98. The van der Waals surface area contributed by atoms with Crippen molar-refractivity contribution in [2.24, 2.45) is 0 Å². The van der Waals surface area contributed by atoms with Crippen LogP contribution >= 0.6 is 0 Å². The molecule has 1 aliphatic rings. The molecule has 2 aromatic carbocycles. The van der Waals surface area contributed by atoms with Gasteiger partial charge in [0.1, 0.15) is 0 Å². The quantitative estimate of drug-likeness (QED) is 0.898. The van der Waals surface area contributed by atoms with E-state index in [0.717, 1.165) is 12.7 Å². The summed E-state index contributed by atoms with van der Waals surface area (Å²) in [6, 6.07) is 13.0. The molecule has 0 radical (unpaired) electrons. The average Bonchev–Trinajstić information content (AvgIpc) is 2.53. The number of nitrogens with one attached hydrogen (secondary N) is 1. The molecule has 6 heteroatoms. The molecule has 0 bridgehead atoms. The van der Waals surface area contributed by atoms with Gasteiger partial charge in [0.25, 0.3) is 5.91 Å². The Labute approximate surface area is 155 Å². The van der Waals surface area contributed by atoms with E-state index in [-0.39, 0.29) is 11.4 Å². The van der Waals surface area contributed by atoms with Crippen LogP contribution in [0.4, 0.5) is 5.69 Å². The van der Waals surface area contributed by atoms with Crippen molar-refractivity contribution < 1.29 is 13.2 Å². The summed E-state index contributed by atoms with van der Waals surface area (Å²) >= 11 is 0. The molecule has 5 nitrogen and oxygen atoms in total. The molecule has 0 spiro atoms. The third kappa shape index (κ3) is 3.90. The van der Waals surface area contributed by atoms with Gasteiger partial charge < -0.3 is 4.90 Å². The zero-order chi connectivity index (χ0) is 19.1. The highest BCUT2D eigenvalue weighted by Gasteiger charge is 2.36. The number of anilines is 1. The Morgan fingerprint density at radius 1 is 1.08 bits per heavy atom. The minimum atomic E-state index is -3.33. The number of nitrogens with zero attached hydrogens (tertiary/aromatic N) is 1. The van der Waals surface area contributed by atoms with Gasteiger partial charge in [-0.05, 0) is 62.6 Å². The van der Waals surface area contributed by atoms with Crippen LogP contribution in [0.2, 0.25) is 0 Å². The number of carbonyl (C=O) groups excluding carboxylic acids is 1. The van der Waals surface area contributed by atoms with Crippen LogP contribution in [0.1, 0.15) is 40.9 Å². The SMILES string of the molecule is Cc1ccc2c(c1)CN(C(=O)c1ccc(NS(C)(=O)=O)cc1)C(C)(C)C2. The number of hydrogen-bond acceptors (Lipinski definition) is 3. The summed E-state index contributed by atoms with van der Waals surface area (Å²) in [5, 5.41) is 0. The Bertz CT molecular complexity index is 948. The van der Waals surface area contributed by atoms with Crippen molar-refractivity contribution >= 4 is 21.6 Å². The van der Waals surface area contributed by atoms with Crippen LogP contribution in [0.3, 0.4) is 0 Å². The van der Waals surface area contributed by atoms with Crippen molar-refractivity contribution in [1.82, 2.24) is 4.90 Å². The summed E-state index contributed by atoms with van der Waals surface area (Å²) in [6.45, 7) is 6.78. The van der Waals surface area contributed by atoms with Crippen molar-refractivity contribution in [2.45, 2.75) is 39.3 Å². The molecule has 0 aromatic heterocycles. The van der Waals surface area contributed by atoms with Crippen LogP contribution < -0.4 is 4.72 Å². The molecule has 0 saturated heterocycles. The van der Waals surface area contributed by atoms with Gasteiger partial charge in [-0.25, -0.2) is 8.42 Å². The number of rotatable bonds is 3. The fraction of sp³-hybridized carbons (Fsp3) is 0.350. The zero-order valence-electron chi connectivity index (χ0n) is 15.5. The standard InChI is InChI=1S/C20H24N2O3S/c1-14-5-6-16-12-20(2,3)22(13-17(16)11-14)19(23)15-7-9-18(10-8-15)21-26(4,24)25/h5-11,21H,12-13H2,1-4H3. The molecular formula is C20H24N2O3S. The molecule has 138 valence electrons. The van der Waals surface area contributed by atoms with E-state index in [1.54, 1.807) is 24.3 Å². The second kappa shape index (κ2) is 6.43. The van der Waals surface area contributed by atoms with E-state index in [1.165, 1.54) is 16.7 Å². The van der Waals surface area contributed by atoms with Crippen molar-refractivity contribution in [3.8, 4) is 0 Å². The molecule has 0 aliphatic carbocycles. The Morgan fingerprint density at radius 2 is 1.73 bits per heavy atom. The summed E-state index contributed by atoms with van der Waals surface area (Å²) in [5.74, 6) is -0.0481. The molecule has 26 heavy (non-hydrogen) atoms. The highest BCUT2D eigenvalue weighted by molar-refractivity contribution is 7.92. The lowest BCUT2D eigenvalue weighted by Gasteiger charge is -2.43. The second-order valence-electron chi connectivity index (χ2n) is 7.60. The Hall–Kier alpha value is -2.34. The van der Waals surface area contributed by atoms with Crippen molar-refractivity contribution in [3.05, 3.63) is 64.7 Å². The Balaban J connectivity index is 1.87. The maximum Gasteiger partial charge on any atom is 0.254 e. The summed E-state index contributed by atoms with van der Waals surface area (Å²) in [4.78, 5) is 15.0. The molecule has 0 atom stereocenters. The lowest BCUT2D eigenvalue weighted by atomic mass is 9.84. The number of aryl methyl sites for hydroxylation is 1. The predicted octanol–water partition coefficient (Wildman–Crippen LogP) is 3.34. The van der Waals surface area contributed by atoms with Gasteiger partial charge in [-0.3, -0.25) is 9.52 Å². The first-order valence-electron chi connectivity index (χ1n) is 8.53. The molecule has 1 heterocycles. The molecule has 2 aromatic rings. The summed E-state index contributed by atoms with van der Waals surface area (Å²) in [6.07, 6.45) is 1.91. The van der Waals surface area contributed by atoms with E-state index in [2.05, 4.69) is 43.7 Å². The minimum absolute atomic E-state index is 0.0481. The first kappa shape index (κ1) is 18.5. The monoisotopic (exact) mass is 372 g/mol. The van der Waals surface area contributed by atoms with E-state index < -0.39 is 10.0 Å². The maximum atomic E-state index is 13.1. The highest BCUT2D eigenvalue weighted by Crippen LogP contribution is 2.32. The zero-order valence-corrected chi connectivity index (χ0v) is 16.4. The summed E-state index contributed by atoms with van der Waals surface area (Å²) in [5.41, 5.74) is 4.37. The molecule has 0 unspecified atom stereocenters. The number of sulfonamides is 1. The molecule has 3 rings (SSSR count). The number of fused-ring (bicyclic) bond motifs is 1. The molecular weight excluding hydrogens is 348 g/mol. The van der Waals surface area contributed by atoms with Gasteiger partial charge in [-0.2, -0.15) is 0 Å². The fourth-order valence-electron chi connectivity index (χ4n) is 3.42. The van der Waals surface area contributed by atoms with E-state index in [4.69, 9.17) is 0 Å². The first-order valence-corrected chi connectivity index (χ1v) is 10.4. The number of carbonyl (C=O) groups is 1. The van der Waals surface area contributed by atoms with Crippen LogP contribution in [0.5, 0.6) is 0 Å². The van der Waals surface area contributed by atoms with Crippen molar-refractivity contribution in [1.29, 1.82) is 0 Å². The molecule has 0 saturated carbocycles. The second-order valence-corrected chi connectivity index (χ2v) is 9.35. The lowest BCUT2D eigenvalue weighted by molar-refractivity contribution is 0.0488. The topological polar surface area (TPSA) is 66.5 Å². The number of amides is 1. The predicted molar refractivity (Wildman–Crippen MR) is 104 cm³/mol. The largest absolute Gasteiger partial charge is 0.329 e. The number of hydrogen-bond donors (Lipinski definition) is 1. The van der Waals surface area contributed by atoms with Gasteiger partial charge in [0.15, 0.2) is 0 Å². The first-order chi connectivity index (χ1) is 12.0. The van der Waals surface area contributed by atoms with E-state index in [1.807, 2.05) is 4.90 Å². The molecule has 1 N–H and O–H groups in total. The van der Waals surface area contributed by atoms with Gasteiger partial charge in [-0.1, -0.05) is 23.8 Å². The smallest absolute Gasteiger partial charge is 0.254 e. The van der Waals surface area contributed by atoms with Gasteiger partial charge in [0, 0.05) is 23.3 Å². The van der Waals surface area contributed by atoms with Gasteiger partial charge in [-0.15, -0.1) is 0 Å². The van der Waals surface area contributed by atoms with E-state index in [0.29, 0.717) is 17.8 Å². The highest BCUT2D eigenvalue weighted by atomic mass is 32.2. The third-order valence-electron chi connectivity index (χ3n) is 4.72. The van der Waals surface area contributed by atoms with E-state index >= 15 is 0 Å². The Kier molecular flexibility index (Phi) is 4.56. The van der Waals surface area contributed by atoms with Crippen LogP contribution in [0.15, 0.2) is 42.5 Å². The molecule has 0 fully saturated rings. The minimum Gasteiger partial charge on any atom is -0.329 e. The molecule has 1 amide bonds. The van der Waals surface area contributed by atoms with Gasteiger partial charge in [0.2, 0.25) is 10.0 Å². The van der Waals surface area contributed by atoms with E-state index in [9.17, 15) is 13.2 Å². The van der Waals surface area contributed by atoms with Gasteiger partial charge >= 0.3 is 0 Å². The lowest BCUT2D eigenvalue weighted by Crippen LogP contribution is -2.51. The van der Waals surface area contributed by atoms with Crippen LogP contribution in [-0.4, -0.2) is 31.0 Å². The Morgan fingerprint density at radius 3 is 2.35 bits per heavy atom. The normalized spacial score (nSPS) is 16.1. The molecule has 1 aliphatic heterocycles. The average molecular weight is 372 g/mol. The third-order valence-corrected chi connectivity index (χ3v) is 5.33. The van der Waals surface area contributed by atoms with Crippen molar-refractivity contribution in [3.63, 3.8) is 0 Å². The van der Waals surface area contributed by atoms with Crippen LogP contribution in [0, 0.1) is 6.92 Å².